The number of aliphatic hydroxyl groups is 1. The van der Waals surface area contributed by atoms with Crippen molar-refractivity contribution in [3.63, 3.8) is 0 Å². The zero-order valence-electron chi connectivity index (χ0n) is 12.6. The van der Waals surface area contributed by atoms with E-state index in [4.69, 9.17) is 0 Å². The van der Waals surface area contributed by atoms with Gasteiger partial charge in [0.05, 0.1) is 23.9 Å². The zero-order valence-corrected chi connectivity index (χ0v) is 13.4. The molecule has 2 heterocycles. The van der Waals surface area contributed by atoms with Crippen LogP contribution in [0.5, 0.6) is 0 Å². The van der Waals surface area contributed by atoms with Gasteiger partial charge in [0.1, 0.15) is 11.2 Å². The van der Waals surface area contributed by atoms with E-state index in [1.54, 1.807) is 23.9 Å². The topological polar surface area (TPSA) is 37.5 Å². The Hall–Kier alpha value is -1.08. The van der Waals surface area contributed by atoms with Crippen LogP contribution >= 0.6 is 11.3 Å². The van der Waals surface area contributed by atoms with Gasteiger partial charge in [0.15, 0.2) is 0 Å². The van der Waals surface area contributed by atoms with Crippen molar-refractivity contribution in [1.82, 2.24) is 9.38 Å². The molecule has 2 saturated carbocycles. The van der Waals surface area contributed by atoms with Crippen molar-refractivity contribution in [3.05, 3.63) is 23.1 Å². The van der Waals surface area contributed by atoms with Crippen molar-refractivity contribution in [2.45, 2.75) is 56.7 Å². The molecule has 126 valence electrons. The number of imidazole rings is 1. The van der Waals surface area contributed by atoms with Crippen LogP contribution in [-0.4, -0.2) is 20.7 Å². The maximum atomic E-state index is 12.8. The Bertz CT molecular complexity index is 696. The molecule has 1 N–H and O–H groups in total. The van der Waals surface area contributed by atoms with E-state index in [1.807, 2.05) is 4.40 Å². The van der Waals surface area contributed by atoms with Crippen molar-refractivity contribution >= 4 is 16.2 Å². The number of fused-ring (bicyclic) bond motifs is 1. The second-order valence-electron chi connectivity index (χ2n) is 6.83. The van der Waals surface area contributed by atoms with E-state index >= 15 is 0 Å². The van der Waals surface area contributed by atoms with Crippen molar-refractivity contribution in [2.24, 2.45) is 11.8 Å². The van der Waals surface area contributed by atoms with E-state index in [2.05, 4.69) is 4.98 Å². The minimum absolute atomic E-state index is 0.0914. The SMILES string of the molecule is OC(c1c(C2CC2)sc2cncn12)C1CCC(C(F)(F)F)CC1. The zero-order chi connectivity index (χ0) is 16.2. The highest BCUT2D eigenvalue weighted by molar-refractivity contribution is 7.17. The molecule has 2 aromatic heterocycles. The third-order valence-corrected chi connectivity index (χ3v) is 6.51. The summed E-state index contributed by atoms with van der Waals surface area (Å²) in [6, 6.07) is 0. The smallest absolute Gasteiger partial charge is 0.387 e. The quantitative estimate of drug-likeness (QED) is 0.878. The van der Waals surface area contributed by atoms with Crippen LogP contribution in [-0.2, 0) is 0 Å². The molecule has 0 amide bonds. The molecule has 0 radical (unpaired) electrons. The van der Waals surface area contributed by atoms with E-state index in [1.165, 1.54) is 4.88 Å². The molecule has 0 spiro atoms. The lowest BCUT2D eigenvalue weighted by Gasteiger charge is -2.32. The van der Waals surface area contributed by atoms with E-state index in [-0.39, 0.29) is 18.8 Å². The summed E-state index contributed by atoms with van der Waals surface area (Å²) >= 11 is 1.66. The molecular weight excluding hydrogens is 325 g/mol. The average Bonchev–Trinajstić information content (AvgIpc) is 3.15. The molecule has 3 nitrogen and oxygen atoms in total. The minimum atomic E-state index is -4.10. The molecule has 2 fully saturated rings. The Morgan fingerprint density at radius 2 is 1.87 bits per heavy atom. The maximum Gasteiger partial charge on any atom is 0.391 e. The second kappa shape index (κ2) is 5.48. The average molecular weight is 344 g/mol. The van der Waals surface area contributed by atoms with Crippen molar-refractivity contribution in [3.8, 4) is 0 Å². The lowest BCUT2D eigenvalue weighted by Crippen LogP contribution is -2.30. The van der Waals surface area contributed by atoms with E-state index in [0.29, 0.717) is 18.8 Å². The summed E-state index contributed by atoms with van der Waals surface area (Å²) in [7, 11) is 0. The fourth-order valence-corrected chi connectivity index (χ4v) is 5.04. The van der Waals surface area contributed by atoms with Crippen molar-refractivity contribution in [1.29, 1.82) is 0 Å². The fraction of sp³-hybridized carbons (Fsp3) is 0.688. The van der Waals surface area contributed by atoms with Gasteiger partial charge in [-0.3, -0.25) is 4.40 Å². The summed E-state index contributed by atoms with van der Waals surface area (Å²) in [5, 5.41) is 10.9. The summed E-state index contributed by atoms with van der Waals surface area (Å²) in [6.07, 6.45) is 2.09. The number of nitrogens with zero attached hydrogens (tertiary/aromatic N) is 2. The summed E-state index contributed by atoms with van der Waals surface area (Å²) in [6.45, 7) is 0. The molecule has 1 unspecified atom stereocenters. The molecule has 1 atom stereocenters. The van der Waals surface area contributed by atoms with Crippen LogP contribution < -0.4 is 0 Å². The van der Waals surface area contributed by atoms with Crippen molar-refractivity contribution < 1.29 is 18.3 Å². The van der Waals surface area contributed by atoms with E-state index in [9.17, 15) is 18.3 Å². The van der Waals surface area contributed by atoms with E-state index in [0.717, 1.165) is 23.4 Å². The van der Waals surface area contributed by atoms with Crippen LogP contribution in [0.3, 0.4) is 0 Å². The molecule has 0 saturated heterocycles. The van der Waals surface area contributed by atoms with Gasteiger partial charge in [-0.2, -0.15) is 13.2 Å². The number of thiazole rings is 1. The maximum absolute atomic E-state index is 12.8. The van der Waals surface area contributed by atoms with Crippen LogP contribution in [0, 0.1) is 11.8 Å². The normalized spacial score (nSPS) is 27.5. The summed E-state index contributed by atoms with van der Waals surface area (Å²) < 4.78 is 40.4. The van der Waals surface area contributed by atoms with Gasteiger partial charge < -0.3 is 5.11 Å². The standard InChI is InChI=1S/C16H19F3N2OS/c17-16(18,19)11-5-3-9(4-6-11)14(22)13-15(10-1-2-10)23-12-7-20-8-21(12)13/h7-11,14,22H,1-6H2. The Morgan fingerprint density at radius 1 is 1.17 bits per heavy atom. The first kappa shape index (κ1) is 15.4. The molecule has 4 rings (SSSR count). The third-order valence-electron chi connectivity index (χ3n) is 5.24. The Kier molecular flexibility index (Phi) is 3.68. The van der Waals surface area contributed by atoms with Crippen LogP contribution in [0.1, 0.15) is 61.1 Å². The predicted molar refractivity (Wildman–Crippen MR) is 81.5 cm³/mol. The van der Waals surface area contributed by atoms with Gasteiger partial charge in [0.25, 0.3) is 0 Å². The van der Waals surface area contributed by atoms with Crippen LogP contribution in [0.2, 0.25) is 0 Å². The predicted octanol–water partition coefficient (Wildman–Crippen LogP) is 4.68. The van der Waals surface area contributed by atoms with Crippen LogP contribution in [0.4, 0.5) is 13.2 Å². The Morgan fingerprint density at radius 3 is 2.48 bits per heavy atom. The molecule has 2 aliphatic rings. The Labute approximate surface area is 136 Å². The Balaban J connectivity index is 1.57. The van der Waals surface area contributed by atoms with Gasteiger partial charge >= 0.3 is 6.18 Å². The molecule has 2 aromatic rings. The molecule has 0 aromatic carbocycles. The molecular formula is C16H19F3N2OS. The highest BCUT2D eigenvalue weighted by atomic mass is 32.1. The number of alkyl halides is 3. The van der Waals surface area contributed by atoms with Crippen LogP contribution in [0.25, 0.3) is 4.83 Å². The number of hydrogen-bond acceptors (Lipinski definition) is 3. The van der Waals surface area contributed by atoms with Gasteiger partial charge in [-0.05, 0) is 50.4 Å². The number of aliphatic hydroxyl groups excluding tert-OH is 1. The molecule has 2 aliphatic carbocycles. The van der Waals surface area contributed by atoms with E-state index < -0.39 is 18.2 Å². The molecule has 23 heavy (non-hydrogen) atoms. The van der Waals surface area contributed by atoms with Gasteiger partial charge in [0, 0.05) is 4.88 Å². The monoisotopic (exact) mass is 344 g/mol. The summed E-state index contributed by atoms with van der Waals surface area (Å²) in [5.41, 5.74) is 0.875. The van der Waals surface area contributed by atoms with Gasteiger partial charge in [-0.15, -0.1) is 11.3 Å². The first-order valence-electron chi connectivity index (χ1n) is 8.14. The van der Waals surface area contributed by atoms with Gasteiger partial charge in [-0.1, -0.05) is 0 Å². The highest BCUT2D eigenvalue weighted by Gasteiger charge is 2.43. The van der Waals surface area contributed by atoms with Crippen LogP contribution in [0.15, 0.2) is 12.5 Å². The summed E-state index contributed by atoms with van der Waals surface area (Å²) in [4.78, 5) is 6.33. The summed E-state index contributed by atoms with van der Waals surface area (Å²) in [5.74, 6) is -0.785. The number of hydrogen-bond donors (Lipinski definition) is 1. The molecule has 7 heteroatoms. The fourth-order valence-electron chi connectivity index (χ4n) is 3.73. The number of aromatic nitrogens is 2. The van der Waals surface area contributed by atoms with Gasteiger partial charge in [0.2, 0.25) is 0 Å². The number of halogens is 3. The lowest BCUT2D eigenvalue weighted by atomic mass is 9.78. The lowest BCUT2D eigenvalue weighted by molar-refractivity contribution is -0.185. The first-order valence-corrected chi connectivity index (χ1v) is 8.96. The highest BCUT2D eigenvalue weighted by Crippen LogP contribution is 2.50. The molecule has 0 bridgehead atoms. The number of rotatable bonds is 3. The molecule has 0 aliphatic heterocycles. The largest absolute Gasteiger partial charge is 0.391 e. The second-order valence-corrected chi connectivity index (χ2v) is 7.89. The third kappa shape index (κ3) is 2.78. The first-order chi connectivity index (χ1) is 10.9. The van der Waals surface area contributed by atoms with Crippen molar-refractivity contribution in [2.75, 3.05) is 0 Å². The van der Waals surface area contributed by atoms with Gasteiger partial charge in [-0.25, -0.2) is 4.98 Å². The minimum Gasteiger partial charge on any atom is -0.387 e.